The van der Waals surface area contributed by atoms with Gasteiger partial charge in [0.25, 0.3) is 0 Å². The smallest absolute Gasteiger partial charge is 0.414 e. The lowest BCUT2D eigenvalue weighted by Crippen LogP contribution is -2.31. The average molecular weight is 348 g/mol. The van der Waals surface area contributed by atoms with Crippen LogP contribution in [0, 0.1) is 0 Å². The van der Waals surface area contributed by atoms with E-state index in [1.165, 1.54) is 11.8 Å². The van der Waals surface area contributed by atoms with Crippen LogP contribution in [-0.4, -0.2) is 23.1 Å². The first-order chi connectivity index (χ1) is 12.6. The zero-order valence-electron chi connectivity index (χ0n) is 14.6. The molecule has 0 aliphatic heterocycles. The van der Waals surface area contributed by atoms with Crippen molar-refractivity contribution in [1.82, 2.24) is 4.57 Å². The third-order valence-corrected chi connectivity index (χ3v) is 4.06. The van der Waals surface area contributed by atoms with Crippen LogP contribution < -0.4 is 4.90 Å². The molecule has 0 saturated carbocycles. The van der Waals surface area contributed by atoms with Crippen LogP contribution in [0.4, 0.5) is 10.5 Å². The van der Waals surface area contributed by atoms with Crippen LogP contribution in [0.5, 0.6) is 0 Å². The maximum absolute atomic E-state index is 12.6. The Balaban J connectivity index is 1.82. The van der Waals surface area contributed by atoms with E-state index in [4.69, 9.17) is 4.74 Å². The highest BCUT2D eigenvalue weighted by Gasteiger charge is 2.17. The molecule has 1 amide bonds. The van der Waals surface area contributed by atoms with Gasteiger partial charge >= 0.3 is 6.09 Å². The number of rotatable bonds is 5. The summed E-state index contributed by atoms with van der Waals surface area (Å²) in [5.41, 5.74) is 2.42. The molecule has 0 spiro atoms. The van der Waals surface area contributed by atoms with E-state index in [1.807, 2.05) is 48.5 Å². The van der Waals surface area contributed by atoms with Gasteiger partial charge in [-0.25, -0.2) is 4.79 Å². The van der Waals surface area contributed by atoms with Crippen molar-refractivity contribution in [3.05, 3.63) is 79.0 Å². The number of anilines is 1. The van der Waals surface area contributed by atoms with Crippen molar-refractivity contribution in [2.45, 2.75) is 13.5 Å². The van der Waals surface area contributed by atoms with Crippen molar-refractivity contribution in [2.24, 2.45) is 0 Å². The van der Waals surface area contributed by atoms with E-state index in [0.717, 1.165) is 16.5 Å². The Kier molecular flexibility index (Phi) is 5.17. The van der Waals surface area contributed by atoms with Crippen LogP contribution in [0.25, 0.3) is 10.9 Å². The number of ether oxygens (including phenoxy) is 1. The Bertz CT molecular complexity index is 944. The Morgan fingerprint density at radius 3 is 2.62 bits per heavy atom. The number of hydrogen-bond acceptors (Lipinski definition) is 3. The highest BCUT2D eigenvalue weighted by molar-refractivity contribution is 5.96. The maximum Gasteiger partial charge on any atom is 0.414 e. The molecular formula is C21H20N2O3. The number of hydrogen-bond donors (Lipinski definition) is 0. The predicted octanol–water partition coefficient (Wildman–Crippen LogP) is 4.63. The molecule has 5 nitrogen and oxygen atoms in total. The summed E-state index contributed by atoms with van der Waals surface area (Å²) < 4.78 is 7.01. The van der Waals surface area contributed by atoms with Crippen LogP contribution in [0.1, 0.15) is 17.3 Å². The van der Waals surface area contributed by atoms with E-state index in [1.54, 1.807) is 22.9 Å². The Morgan fingerprint density at radius 1 is 1.15 bits per heavy atom. The normalized spacial score (nSPS) is 10.5. The minimum atomic E-state index is -0.445. The summed E-state index contributed by atoms with van der Waals surface area (Å²) in [6.45, 7) is 5.76. The van der Waals surface area contributed by atoms with Crippen LogP contribution >= 0.6 is 0 Å². The van der Waals surface area contributed by atoms with Crippen molar-refractivity contribution in [3.8, 4) is 0 Å². The molecule has 0 bridgehead atoms. The van der Waals surface area contributed by atoms with Gasteiger partial charge < -0.3 is 4.74 Å². The topological polar surface area (TPSA) is 51.5 Å². The van der Waals surface area contributed by atoms with Gasteiger partial charge in [0.2, 0.25) is 5.91 Å². The SMILES string of the molecule is C=CCN(C(=O)OCc1ccccc1)c1ccc2c(ccn2C(C)=O)c1. The van der Waals surface area contributed by atoms with E-state index in [2.05, 4.69) is 6.58 Å². The minimum absolute atomic E-state index is 0.0574. The number of amides is 1. The van der Waals surface area contributed by atoms with Crippen LogP contribution in [0.3, 0.4) is 0 Å². The number of fused-ring (bicyclic) bond motifs is 1. The van der Waals surface area contributed by atoms with Crippen molar-refractivity contribution >= 4 is 28.6 Å². The van der Waals surface area contributed by atoms with Crippen LogP contribution in [0.15, 0.2) is 73.4 Å². The molecule has 2 aromatic carbocycles. The molecule has 0 radical (unpaired) electrons. The average Bonchev–Trinajstić information content (AvgIpc) is 3.08. The van der Waals surface area contributed by atoms with Gasteiger partial charge in [0.1, 0.15) is 6.61 Å². The first-order valence-corrected chi connectivity index (χ1v) is 8.31. The third kappa shape index (κ3) is 3.67. The standard InChI is InChI=1S/C21H20N2O3/c1-3-12-23(21(25)26-15-17-7-5-4-6-8-17)19-9-10-20-18(14-19)11-13-22(20)16(2)24/h3-11,13-14H,1,12,15H2,2H3. The lowest BCUT2D eigenvalue weighted by atomic mass is 10.2. The molecule has 5 heteroatoms. The summed E-state index contributed by atoms with van der Waals surface area (Å²) in [4.78, 5) is 25.7. The van der Waals surface area contributed by atoms with Gasteiger partial charge in [-0.3, -0.25) is 14.3 Å². The molecule has 3 aromatic rings. The minimum Gasteiger partial charge on any atom is -0.444 e. The second kappa shape index (κ2) is 7.70. The zero-order valence-corrected chi connectivity index (χ0v) is 14.6. The molecule has 0 saturated heterocycles. The largest absolute Gasteiger partial charge is 0.444 e. The van der Waals surface area contributed by atoms with Crippen molar-refractivity contribution < 1.29 is 14.3 Å². The molecule has 0 fully saturated rings. The number of benzene rings is 2. The summed E-state index contributed by atoms with van der Waals surface area (Å²) in [6.07, 6.45) is 2.93. The van der Waals surface area contributed by atoms with E-state index >= 15 is 0 Å². The maximum atomic E-state index is 12.6. The van der Waals surface area contributed by atoms with Gasteiger partial charge in [0.05, 0.1) is 5.52 Å². The van der Waals surface area contributed by atoms with E-state index in [0.29, 0.717) is 12.2 Å². The molecular weight excluding hydrogens is 328 g/mol. The third-order valence-electron chi connectivity index (χ3n) is 4.06. The van der Waals surface area contributed by atoms with Gasteiger partial charge in [-0.15, -0.1) is 6.58 Å². The molecule has 0 atom stereocenters. The summed E-state index contributed by atoms with van der Waals surface area (Å²) in [6, 6.07) is 16.9. The number of carbonyl (C=O) groups is 2. The van der Waals surface area contributed by atoms with Gasteiger partial charge in [0.15, 0.2) is 0 Å². The van der Waals surface area contributed by atoms with Crippen molar-refractivity contribution in [3.63, 3.8) is 0 Å². The number of aromatic nitrogens is 1. The molecule has 1 aromatic heterocycles. The molecule has 26 heavy (non-hydrogen) atoms. The Hall–Kier alpha value is -3.34. The number of carbonyl (C=O) groups excluding carboxylic acids is 2. The summed E-state index contributed by atoms with van der Waals surface area (Å²) >= 11 is 0. The second-order valence-electron chi connectivity index (χ2n) is 5.89. The molecule has 1 heterocycles. The Labute approximate surface area is 152 Å². The second-order valence-corrected chi connectivity index (χ2v) is 5.89. The summed E-state index contributed by atoms with van der Waals surface area (Å²) in [5.74, 6) is -0.0574. The predicted molar refractivity (Wildman–Crippen MR) is 102 cm³/mol. The number of nitrogens with zero attached hydrogens (tertiary/aromatic N) is 2. The van der Waals surface area contributed by atoms with E-state index in [9.17, 15) is 9.59 Å². The lowest BCUT2D eigenvalue weighted by Gasteiger charge is -2.21. The van der Waals surface area contributed by atoms with Crippen molar-refractivity contribution in [2.75, 3.05) is 11.4 Å². The molecule has 0 N–H and O–H groups in total. The highest BCUT2D eigenvalue weighted by Crippen LogP contribution is 2.24. The van der Waals surface area contributed by atoms with Crippen LogP contribution in [-0.2, 0) is 11.3 Å². The fourth-order valence-corrected chi connectivity index (χ4v) is 2.78. The molecule has 3 rings (SSSR count). The molecule has 132 valence electrons. The quantitative estimate of drug-likeness (QED) is 0.632. The van der Waals surface area contributed by atoms with Crippen LogP contribution in [0.2, 0.25) is 0 Å². The Morgan fingerprint density at radius 2 is 1.92 bits per heavy atom. The fraction of sp³-hybridized carbons (Fsp3) is 0.143. The zero-order chi connectivity index (χ0) is 18.5. The first-order valence-electron chi connectivity index (χ1n) is 8.31. The van der Waals surface area contributed by atoms with E-state index < -0.39 is 6.09 Å². The van der Waals surface area contributed by atoms with Gasteiger partial charge in [-0.05, 0) is 29.8 Å². The monoisotopic (exact) mass is 348 g/mol. The van der Waals surface area contributed by atoms with E-state index in [-0.39, 0.29) is 12.5 Å². The highest BCUT2D eigenvalue weighted by atomic mass is 16.6. The van der Waals surface area contributed by atoms with Gasteiger partial charge in [-0.2, -0.15) is 0 Å². The first kappa shape index (κ1) is 17.5. The molecule has 0 unspecified atom stereocenters. The van der Waals surface area contributed by atoms with Gasteiger partial charge in [0, 0.05) is 30.7 Å². The molecule has 0 aliphatic carbocycles. The lowest BCUT2D eigenvalue weighted by molar-refractivity contribution is 0.0941. The van der Waals surface area contributed by atoms with Crippen molar-refractivity contribution in [1.29, 1.82) is 0 Å². The summed E-state index contributed by atoms with van der Waals surface area (Å²) in [7, 11) is 0. The van der Waals surface area contributed by atoms with Gasteiger partial charge in [-0.1, -0.05) is 36.4 Å². The summed E-state index contributed by atoms with van der Waals surface area (Å²) in [5, 5.41) is 0.877. The molecule has 0 aliphatic rings. The fourth-order valence-electron chi connectivity index (χ4n) is 2.78.